The molecule has 0 atom stereocenters. The Kier molecular flexibility index (Phi) is 4.17. The molecule has 0 saturated heterocycles. The van der Waals surface area contributed by atoms with Gasteiger partial charge in [-0.1, -0.05) is 17.8 Å². The summed E-state index contributed by atoms with van der Waals surface area (Å²) in [6, 6.07) is 3.98. The van der Waals surface area contributed by atoms with Crippen LogP contribution in [0.3, 0.4) is 0 Å². The number of hydrogen-bond donors (Lipinski definition) is 0. The maximum Gasteiger partial charge on any atom is 0.187 e. The first-order chi connectivity index (χ1) is 10.2. The predicted molar refractivity (Wildman–Crippen MR) is 78.0 cm³/mol. The summed E-state index contributed by atoms with van der Waals surface area (Å²) < 4.78 is 27.4. The number of thioether (sulfide) groups is 1. The summed E-state index contributed by atoms with van der Waals surface area (Å²) in [5, 5.41) is 0.766. The van der Waals surface area contributed by atoms with Gasteiger partial charge in [0.1, 0.15) is 11.6 Å². The highest BCUT2D eigenvalue weighted by Crippen LogP contribution is 2.22. The molecule has 1 aliphatic rings. The van der Waals surface area contributed by atoms with Crippen LogP contribution >= 0.6 is 11.8 Å². The maximum atomic E-state index is 13.7. The van der Waals surface area contributed by atoms with Gasteiger partial charge in [0.2, 0.25) is 0 Å². The molecule has 1 aliphatic heterocycles. The summed E-state index contributed by atoms with van der Waals surface area (Å²) in [7, 11) is 0. The van der Waals surface area contributed by atoms with Gasteiger partial charge in [0.25, 0.3) is 0 Å². The third-order valence-electron chi connectivity index (χ3n) is 3.62. The Balaban J connectivity index is 1.77. The van der Waals surface area contributed by atoms with Crippen LogP contribution < -0.4 is 0 Å². The van der Waals surface area contributed by atoms with Crippen LogP contribution in [0.25, 0.3) is 0 Å². The van der Waals surface area contributed by atoms with Crippen molar-refractivity contribution in [2.24, 2.45) is 0 Å². The first-order valence-electron chi connectivity index (χ1n) is 6.71. The lowest BCUT2D eigenvalue weighted by molar-refractivity contribution is 0.235. The summed E-state index contributed by atoms with van der Waals surface area (Å²) >= 11 is 1.51. The van der Waals surface area contributed by atoms with Gasteiger partial charge in [-0.15, -0.1) is 0 Å². The molecule has 2 aromatic rings. The van der Waals surface area contributed by atoms with Gasteiger partial charge in [0.15, 0.2) is 5.16 Å². The van der Waals surface area contributed by atoms with Crippen molar-refractivity contribution in [3.63, 3.8) is 0 Å². The fraction of sp³-hybridized carbons (Fsp3) is 0.333. The molecule has 3 nitrogen and oxygen atoms in total. The monoisotopic (exact) mass is 307 g/mol. The minimum atomic E-state index is -0.491. The van der Waals surface area contributed by atoms with E-state index >= 15 is 0 Å². The van der Waals surface area contributed by atoms with Crippen LogP contribution in [0.2, 0.25) is 0 Å². The highest BCUT2D eigenvalue weighted by Gasteiger charge is 2.20. The third kappa shape index (κ3) is 3.06. The predicted octanol–water partition coefficient (Wildman–Crippen LogP) is 3.04. The van der Waals surface area contributed by atoms with Gasteiger partial charge >= 0.3 is 0 Å². The van der Waals surface area contributed by atoms with Crippen LogP contribution in [0.4, 0.5) is 8.78 Å². The number of fused-ring (bicyclic) bond motifs is 1. The SMILES string of the molecule is CSc1ncc2c(n1)CCN(Cc1c(F)cccc1F)C2. The zero-order chi connectivity index (χ0) is 14.8. The van der Waals surface area contributed by atoms with Gasteiger partial charge < -0.3 is 0 Å². The van der Waals surface area contributed by atoms with Crippen LogP contribution in [0.5, 0.6) is 0 Å². The summed E-state index contributed by atoms with van der Waals surface area (Å²) in [6.45, 7) is 1.63. The lowest BCUT2D eigenvalue weighted by Crippen LogP contribution is -2.31. The summed E-state index contributed by atoms with van der Waals surface area (Å²) in [5.41, 5.74) is 2.21. The van der Waals surface area contributed by atoms with E-state index in [0.717, 1.165) is 29.4 Å². The normalized spacial score (nSPS) is 15.0. The Labute approximate surface area is 126 Å². The number of benzene rings is 1. The molecular formula is C15H15F2N3S. The summed E-state index contributed by atoms with van der Waals surface area (Å²) in [5.74, 6) is -0.982. The van der Waals surface area contributed by atoms with Crippen LogP contribution in [0, 0.1) is 11.6 Å². The number of rotatable bonds is 3. The molecule has 1 aromatic heterocycles. The van der Waals surface area contributed by atoms with Gasteiger partial charge in [-0.3, -0.25) is 4.90 Å². The molecule has 0 aliphatic carbocycles. The first-order valence-corrected chi connectivity index (χ1v) is 7.94. The average Bonchev–Trinajstić information content (AvgIpc) is 2.50. The molecule has 3 rings (SSSR count). The molecular weight excluding hydrogens is 292 g/mol. The van der Waals surface area contributed by atoms with Crippen molar-refractivity contribution in [1.82, 2.24) is 14.9 Å². The molecule has 0 saturated carbocycles. The van der Waals surface area contributed by atoms with Crippen molar-refractivity contribution >= 4 is 11.8 Å². The van der Waals surface area contributed by atoms with Crippen LogP contribution in [-0.2, 0) is 19.5 Å². The van der Waals surface area contributed by atoms with E-state index in [1.807, 2.05) is 17.4 Å². The number of halogens is 2. The molecule has 110 valence electrons. The van der Waals surface area contributed by atoms with Crippen molar-refractivity contribution in [3.05, 3.63) is 52.9 Å². The zero-order valence-corrected chi connectivity index (χ0v) is 12.5. The van der Waals surface area contributed by atoms with E-state index < -0.39 is 11.6 Å². The summed E-state index contributed by atoms with van der Waals surface area (Å²) in [6.07, 6.45) is 4.54. The minimum absolute atomic E-state index is 0.127. The largest absolute Gasteiger partial charge is 0.294 e. The van der Waals surface area contributed by atoms with Crippen molar-refractivity contribution in [1.29, 1.82) is 0 Å². The highest BCUT2D eigenvalue weighted by molar-refractivity contribution is 7.98. The molecule has 0 unspecified atom stereocenters. The molecule has 0 spiro atoms. The fourth-order valence-electron chi connectivity index (χ4n) is 2.50. The van der Waals surface area contributed by atoms with Gasteiger partial charge in [0, 0.05) is 43.4 Å². The molecule has 0 amide bonds. The molecule has 6 heteroatoms. The maximum absolute atomic E-state index is 13.7. The third-order valence-corrected chi connectivity index (χ3v) is 4.18. The Bertz CT molecular complexity index is 643. The second-order valence-electron chi connectivity index (χ2n) is 4.99. The smallest absolute Gasteiger partial charge is 0.187 e. The van der Waals surface area contributed by atoms with Gasteiger partial charge in [-0.2, -0.15) is 0 Å². The molecule has 0 fully saturated rings. The van der Waals surface area contributed by atoms with Crippen LogP contribution in [0.1, 0.15) is 16.8 Å². The van der Waals surface area contributed by atoms with Crippen molar-refractivity contribution < 1.29 is 8.78 Å². The van der Waals surface area contributed by atoms with E-state index in [1.54, 1.807) is 0 Å². The molecule has 0 bridgehead atoms. The quantitative estimate of drug-likeness (QED) is 0.644. The van der Waals surface area contributed by atoms with Gasteiger partial charge in [0.05, 0.1) is 5.69 Å². The topological polar surface area (TPSA) is 29.0 Å². The summed E-state index contributed by atoms with van der Waals surface area (Å²) in [4.78, 5) is 10.8. The van der Waals surface area contributed by atoms with Crippen LogP contribution in [-0.4, -0.2) is 27.7 Å². The van der Waals surface area contributed by atoms with Crippen molar-refractivity contribution in [3.8, 4) is 0 Å². The second kappa shape index (κ2) is 6.07. The Morgan fingerprint density at radius 3 is 2.76 bits per heavy atom. The average molecular weight is 307 g/mol. The van der Waals surface area contributed by atoms with E-state index in [1.165, 1.54) is 30.0 Å². The van der Waals surface area contributed by atoms with Crippen molar-refractivity contribution in [2.75, 3.05) is 12.8 Å². The minimum Gasteiger partial charge on any atom is -0.294 e. The number of nitrogens with zero attached hydrogens (tertiary/aromatic N) is 3. The molecule has 0 radical (unpaired) electrons. The van der Waals surface area contributed by atoms with E-state index in [9.17, 15) is 8.78 Å². The number of hydrogen-bond acceptors (Lipinski definition) is 4. The Hall–Kier alpha value is -1.53. The van der Waals surface area contributed by atoms with Gasteiger partial charge in [-0.05, 0) is 18.4 Å². The molecule has 0 N–H and O–H groups in total. The first kappa shape index (κ1) is 14.4. The fourth-order valence-corrected chi connectivity index (χ4v) is 2.86. The van der Waals surface area contributed by atoms with E-state index in [4.69, 9.17) is 0 Å². The van der Waals surface area contributed by atoms with Crippen molar-refractivity contribution in [2.45, 2.75) is 24.7 Å². The Morgan fingerprint density at radius 2 is 2.05 bits per heavy atom. The van der Waals surface area contributed by atoms with E-state index in [0.29, 0.717) is 6.54 Å². The second-order valence-corrected chi connectivity index (χ2v) is 5.76. The standard InChI is InChI=1S/C15H15F2N3S/c1-21-15-18-7-10-8-20(6-5-14(10)19-15)9-11-12(16)3-2-4-13(11)17/h2-4,7H,5-6,8-9H2,1H3. The van der Waals surface area contributed by atoms with Crippen LogP contribution in [0.15, 0.2) is 29.6 Å². The lowest BCUT2D eigenvalue weighted by Gasteiger charge is -2.28. The van der Waals surface area contributed by atoms with E-state index in [-0.39, 0.29) is 12.1 Å². The molecule has 1 aromatic carbocycles. The molecule has 21 heavy (non-hydrogen) atoms. The lowest BCUT2D eigenvalue weighted by atomic mass is 10.1. The van der Waals surface area contributed by atoms with Gasteiger partial charge in [-0.25, -0.2) is 18.7 Å². The number of aromatic nitrogens is 2. The Morgan fingerprint density at radius 1 is 1.29 bits per heavy atom. The highest BCUT2D eigenvalue weighted by atomic mass is 32.2. The zero-order valence-electron chi connectivity index (χ0n) is 11.6. The van der Waals surface area contributed by atoms with E-state index in [2.05, 4.69) is 9.97 Å². The molecule has 2 heterocycles.